The highest BCUT2D eigenvalue weighted by Gasteiger charge is 2.14. The summed E-state index contributed by atoms with van der Waals surface area (Å²) in [6.07, 6.45) is 0. The normalized spacial score (nSPS) is 12.6. The van der Waals surface area contributed by atoms with Gasteiger partial charge in [0, 0.05) is 4.75 Å². The molecule has 0 bridgehead atoms. The predicted molar refractivity (Wildman–Crippen MR) is 79.1 cm³/mol. The maximum atomic E-state index is 5.82. The maximum absolute atomic E-state index is 5.82. The lowest BCUT2D eigenvalue weighted by molar-refractivity contribution is 0.554. The van der Waals surface area contributed by atoms with Crippen LogP contribution in [0.25, 0.3) is 11.1 Å². The second-order valence-corrected chi connectivity index (χ2v) is 7.69. The molecule has 0 unspecified atom stereocenters. The second-order valence-electron chi connectivity index (χ2n) is 5.89. The molecule has 0 spiro atoms. The fourth-order valence-electron chi connectivity index (χ4n) is 1.69. The number of aromatic nitrogens is 1. The Bertz CT molecular complexity index is 537. The lowest BCUT2D eigenvalue weighted by Gasteiger charge is -2.15. The first-order valence-corrected chi connectivity index (χ1v) is 7.37. The number of benzene rings is 1. The number of hydrogen-bond donors (Lipinski definition) is 0. The number of hydrogen-bond acceptors (Lipinski definition) is 3. The lowest BCUT2D eigenvalue weighted by Crippen LogP contribution is -2.07. The minimum atomic E-state index is 0.240. The van der Waals surface area contributed by atoms with Crippen molar-refractivity contribution in [3.05, 3.63) is 29.7 Å². The van der Waals surface area contributed by atoms with Crippen LogP contribution in [0.15, 0.2) is 22.6 Å². The van der Waals surface area contributed by atoms with Crippen molar-refractivity contribution in [3.8, 4) is 0 Å². The van der Waals surface area contributed by atoms with E-state index in [1.54, 1.807) is 0 Å². The van der Waals surface area contributed by atoms with Gasteiger partial charge in [0.1, 0.15) is 5.52 Å². The molecule has 2 nitrogen and oxygen atoms in total. The zero-order valence-electron chi connectivity index (χ0n) is 11.8. The molecule has 0 radical (unpaired) electrons. The summed E-state index contributed by atoms with van der Waals surface area (Å²) >= 11 is 1.86. The molecule has 0 atom stereocenters. The first kappa shape index (κ1) is 13.5. The van der Waals surface area contributed by atoms with Gasteiger partial charge in [-0.3, -0.25) is 0 Å². The Hall–Kier alpha value is -0.960. The van der Waals surface area contributed by atoms with Crippen LogP contribution in [0.5, 0.6) is 0 Å². The second kappa shape index (κ2) is 4.96. The smallest absolute Gasteiger partial charge is 0.205 e. The first-order valence-electron chi connectivity index (χ1n) is 6.38. The van der Waals surface area contributed by atoms with Gasteiger partial charge in [-0.2, -0.15) is 0 Å². The monoisotopic (exact) mass is 263 g/mol. The quantitative estimate of drug-likeness (QED) is 0.781. The summed E-state index contributed by atoms with van der Waals surface area (Å²) in [7, 11) is 0. The minimum absolute atomic E-state index is 0.240. The molecule has 0 aliphatic rings. The van der Waals surface area contributed by atoms with Gasteiger partial charge < -0.3 is 4.42 Å². The molecule has 2 rings (SSSR count). The molecule has 18 heavy (non-hydrogen) atoms. The Labute approximate surface area is 113 Å². The van der Waals surface area contributed by atoms with Crippen molar-refractivity contribution in [3.63, 3.8) is 0 Å². The average molecular weight is 263 g/mol. The molecule has 0 aliphatic carbocycles. The largest absolute Gasteiger partial charge is 0.440 e. The third-order valence-corrected chi connectivity index (χ3v) is 4.01. The Balaban J connectivity index is 2.22. The van der Waals surface area contributed by atoms with Crippen LogP contribution < -0.4 is 0 Å². The molecule has 2 aromatic rings. The van der Waals surface area contributed by atoms with E-state index in [0.29, 0.717) is 5.92 Å². The first-order chi connectivity index (χ1) is 8.35. The van der Waals surface area contributed by atoms with E-state index < -0.39 is 0 Å². The van der Waals surface area contributed by atoms with Crippen LogP contribution in [0, 0.1) is 0 Å². The molecule has 3 heteroatoms. The molecule has 1 aromatic heterocycles. The summed E-state index contributed by atoms with van der Waals surface area (Å²) in [6.45, 7) is 11.0. The summed E-state index contributed by atoms with van der Waals surface area (Å²) in [5.74, 6) is 2.17. The third kappa shape index (κ3) is 3.29. The topological polar surface area (TPSA) is 26.0 Å². The summed E-state index contributed by atoms with van der Waals surface area (Å²) in [5.41, 5.74) is 3.17. The van der Waals surface area contributed by atoms with E-state index in [1.807, 2.05) is 11.8 Å². The molecule has 0 saturated heterocycles. The van der Waals surface area contributed by atoms with E-state index in [4.69, 9.17) is 4.42 Å². The standard InChI is InChI=1S/C15H21NOS/c1-10(2)11-6-7-12-13(8-11)17-14(16-12)9-18-15(3,4)5/h6-8,10H,9H2,1-5H3. The van der Waals surface area contributed by atoms with Crippen molar-refractivity contribution in [1.82, 2.24) is 4.98 Å². The fraction of sp³-hybridized carbons (Fsp3) is 0.533. The van der Waals surface area contributed by atoms with Crippen LogP contribution in [0.4, 0.5) is 0 Å². The zero-order chi connectivity index (χ0) is 13.3. The highest BCUT2D eigenvalue weighted by molar-refractivity contribution is 7.99. The van der Waals surface area contributed by atoms with E-state index in [1.165, 1.54) is 5.56 Å². The number of fused-ring (bicyclic) bond motifs is 1. The molecule has 1 heterocycles. The van der Waals surface area contributed by atoms with Crippen molar-refractivity contribution < 1.29 is 4.42 Å². The summed E-state index contributed by atoms with van der Waals surface area (Å²) in [5, 5.41) is 0. The fourth-order valence-corrected chi connectivity index (χ4v) is 2.37. The zero-order valence-corrected chi connectivity index (χ0v) is 12.6. The molecule has 0 fully saturated rings. The summed E-state index contributed by atoms with van der Waals surface area (Å²) in [4.78, 5) is 4.53. The van der Waals surface area contributed by atoms with Crippen LogP contribution in [0.1, 0.15) is 52.0 Å². The summed E-state index contributed by atoms with van der Waals surface area (Å²) in [6, 6.07) is 6.30. The van der Waals surface area contributed by atoms with Crippen molar-refractivity contribution in [2.75, 3.05) is 0 Å². The number of oxazole rings is 1. The molecule has 0 saturated carbocycles. The van der Waals surface area contributed by atoms with Crippen molar-refractivity contribution >= 4 is 22.9 Å². The summed E-state index contributed by atoms with van der Waals surface area (Å²) < 4.78 is 6.06. The van der Waals surface area contributed by atoms with E-state index >= 15 is 0 Å². The van der Waals surface area contributed by atoms with Gasteiger partial charge in [-0.05, 0) is 23.6 Å². The molecule has 0 N–H and O–H groups in total. The number of thioether (sulfide) groups is 1. The van der Waals surface area contributed by atoms with Crippen LogP contribution in [0.3, 0.4) is 0 Å². The van der Waals surface area contributed by atoms with Crippen molar-refractivity contribution in [2.45, 2.75) is 51.0 Å². The van der Waals surface area contributed by atoms with E-state index in [2.05, 4.69) is 57.8 Å². The van der Waals surface area contributed by atoms with Gasteiger partial charge in [0.15, 0.2) is 5.58 Å². The Morgan fingerprint density at radius 2 is 2.00 bits per heavy atom. The van der Waals surface area contributed by atoms with Crippen LogP contribution >= 0.6 is 11.8 Å². The molecular formula is C15H21NOS. The molecular weight excluding hydrogens is 242 g/mol. The van der Waals surface area contributed by atoms with Gasteiger partial charge >= 0.3 is 0 Å². The molecule has 0 amide bonds. The van der Waals surface area contributed by atoms with Crippen molar-refractivity contribution in [2.24, 2.45) is 0 Å². The highest BCUT2D eigenvalue weighted by atomic mass is 32.2. The minimum Gasteiger partial charge on any atom is -0.440 e. The van der Waals surface area contributed by atoms with Crippen LogP contribution in [-0.2, 0) is 5.75 Å². The average Bonchev–Trinajstić information content (AvgIpc) is 2.66. The van der Waals surface area contributed by atoms with Crippen LogP contribution in [-0.4, -0.2) is 9.73 Å². The van der Waals surface area contributed by atoms with Gasteiger partial charge in [-0.15, -0.1) is 11.8 Å². The SMILES string of the molecule is CC(C)c1ccc2nc(CSC(C)(C)C)oc2c1. The third-order valence-electron chi connectivity index (χ3n) is 2.75. The predicted octanol–water partition coefficient (Wildman–Crippen LogP) is 4.98. The molecule has 98 valence electrons. The Morgan fingerprint density at radius 3 is 2.61 bits per heavy atom. The lowest BCUT2D eigenvalue weighted by atomic mass is 10.0. The molecule has 1 aromatic carbocycles. The number of rotatable bonds is 3. The van der Waals surface area contributed by atoms with Gasteiger partial charge in [-0.25, -0.2) is 4.98 Å². The van der Waals surface area contributed by atoms with Gasteiger partial charge in [0.25, 0.3) is 0 Å². The maximum Gasteiger partial charge on any atom is 0.205 e. The van der Waals surface area contributed by atoms with Crippen molar-refractivity contribution in [1.29, 1.82) is 0 Å². The van der Waals surface area contributed by atoms with Crippen LogP contribution in [0.2, 0.25) is 0 Å². The highest BCUT2D eigenvalue weighted by Crippen LogP contribution is 2.29. The molecule has 0 aliphatic heterocycles. The van der Waals surface area contributed by atoms with E-state index in [9.17, 15) is 0 Å². The van der Waals surface area contributed by atoms with E-state index in [0.717, 1.165) is 22.7 Å². The van der Waals surface area contributed by atoms with Gasteiger partial charge in [0.2, 0.25) is 5.89 Å². The van der Waals surface area contributed by atoms with E-state index in [-0.39, 0.29) is 4.75 Å². The number of nitrogens with zero attached hydrogens (tertiary/aromatic N) is 1. The Morgan fingerprint density at radius 1 is 1.28 bits per heavy atom. The Kier molecular flexibility index (Phi) is 3.71. The van der Waals surface area contributed by atoms with Gasteiger partial charge in [0.05, 0.1) is 5.75 Å². The van der Waals surface area contributed by atoms with Gasteiger partial charge in [-0.1, -0.05) is 40.7 Å².